The Balaban J connectivity index is 1.73. The molecule has 0 fully saturated rings. The first kappa shape index (κ1) is 16.0. The second-order valence-corrected chi connectivity index (χ2v) is 5.96. The summed E-state index contributed by atoms with van der Waals surface area (Å²) in [6.07, 6.45) is 5.28. The number of ether oxygens (including phenoxy) is 1. The number of rotatable bonds is 4. The van der Waals surface area contributed by atoms with Crippen LogP contribution in [0, 0.1) is 6.92 Å². The van der Waals surface area contributed by atoms with Gasteiger partial charge in [-0.15, -0.1) is 0 Å². The van der Waals surface area contributed by atoms with Gasteiger partial charge >= 0.3 is 0 Å². The first-order valence-electron chi connectivity index (χ1n) is 8.32. The summed E-state index contributed by atoms with van der Waals surface area (Å²) >= 11 is 0. The van der Waals surface area contributed by atoms with E-state index >= 15 is 0 Å². The molecular formula is C21H18N4O. The maximum absolute atomic E-state index is 5.26. The van der Waals surface area contributed by atoms with E-state index in [2.05, 4.69) is 32.1 Å². The zero-order chi connectivity index (χ0) is 17.9. The molecule has 4 rings (SSSR count). The Kier molecular flexibility index (Phi) is 4.19. The monoisotopic (exact) mass is 342 g/mol. The molecule has 1 N–H and O–H groups in total. The Bertz CT molecular complexity index is 1040. The number of hydrogen-bond donors (Lipinski definition) is 1. The lowest BCUT2D eigenvalue weighted by Crippen LogP contribution is -1.89. The molecule has 128 valence electrons. The zero-order valence-corrected chi connectivity index (χ0v) is 14.6. The average molecular weight is 342 g/mol. The van der Waals surface area contributed by atoms with Gasteiger partial charge in [0, 0.05) is 18.0 Å². The minimum Gasteiger partial charge on any atom is -0.495 e. The van der Waals surface area contributed by atoms with Gasteiger partial charge in [0.05, 0.1) is 24.7 Å². The van der Waals surface area contributed by atoms with Crippen molar-refractivity contribution >= 4 is 0 Å². The van der Waals surface area contributed by atoms with Gasteiger partial charge in [0.25, 0.3) is 0 Å². The van der Waals surface area contributed by atoms with Gasteiger partial charge < -0.3 is 9.72 Å². The number of aromatic amines is 1. The number of aromatic nitrogens is 4. The van der Waals surface area contributed by atoms with Crippen LogP contribution in [0.15, 0.2) is 67.1 Å². The summed E-state index contributed by atoms with van der Waals surface area (Å²) in [6, 6.07) is 16.1. The highest BCUT2D eigenvalue weighted by Crippen LogP contribution is 2.28. The first-order chi connectivity index (χ1) is 12.7. The van der Waals surface area contributed by atoms with Crippen molar-refractivity contribution in [2.24, 2.45) is 0 Å². The number of benzene rings is 1. The smallest absolute Gasteiger partial charge is 0.156 e. The topological polar surface area (TPSA) is 63.7 Å². The summed E-state index contributed by atoms with van der Waals surface area (Å²) in [5.74, 6) is 1.47. The highest BCUT2D eigenvalue weighted by Gasteiger charge is 2.12. The second kappa shape index (κ2) is 6.80. The number of pyridine rings is 2. The molecule has 5 heteroatoms. The number of nitrogens with zero attached hydrogens (tertiary/aromatic N) is 3. The van der Waals surface area contributed by atoms with Crippen molar-refractivity contribution in [2.45, 2.75) is 6.92 Å². The molecule has 3 aromatic heterocycles. The van der Waals surface area contributed by atoms with E-state index < -0.39 is 0 Å². The molecule has 26 heavy (non-hydrogen) atoms. The predicted molar refractivity (Wildman–Crippen MR) is 102 cm³/mol. The fourth-order valence-corrected chi connectivity index (χ4v) is 2.90. The van der Waals surface area contributed by atoms with Gasteiger partial charge in [-0.1, -0.05) is 30.3 Å². The van der Waals surface area contributed by atoms with Crippen molar-refractivity contribution in [1.82, 2.24) is 19.9 Å². The summed E-state index contributed by atoms with van der Waals surface area (Å²) in [5, 5.41) is 0. The Morgan fingerprint density at radius 3 is 2.58 bits per heavy atom. The molecule has 5 nitrogen and oxygen atoms in total. The van der Waals surface area contributed by atoms with Crippen LogP contribution in [-0.2, 0) is 0 Å². The van der Waals surface area contributed by atoms with Crippen LogP contribution in [0.5, 0.6) is 5.75 Å². The molecule has 0 aliphatic carbocycles. The molecule has 3 heterocycles. The predicted octanol–water partition coefficient (Wildman–Crippen LogP) is 4.52. The maximum Gasteiger partial charge on any atom is 0.156 e. The molecule has 0 radical (unpaired) electrons. The van der Waals surface area contributed by atoms with E-state index in [4.69, 9.17) is 4.74 Å². The number of methoxy groups -OCH3 is 1. The van der Waals surface area contributed by atoms with E-state index in [1.165, 1.54) is 0 Å². The number of nitrogens with one attached hydrogen (secondary N) is 1. The molecule has 0 amide bonds. The molecule has 0 aliphatic heterocycles. The summed E-state index contributed by atoms with van der Waals surface area (Å²) in [6.45, 7) is 2.00. The molecule has 0 bridgehead atoms. The molecule has 0 atom stereocenters. The molecule has 4 aromatic rings. The SMILES string of the molecule is COc1cncc(-c2ccnc(-c3nc(C)c(-c4ccccc4)[nH]3)c2)c1. The van der Waals surface area contributed by atoms with Gasteiger partial charge in [-0.05, 0) is 36.2 Å². The number of H-pyrrole nitrogens is 1. The van der Waals surface area contributed by atoms with E-state index in [1.807, 2.05) is 49.5 Å². The van der Waals surface area contributed by atoms with Crippen molar-refractivity contribution in [3.05, 3.63) is 72.8 Å². The van der Waals surface area contributed by atoms with E-state index in [-0.39, 0.29) is 0 Å². The number of imidazole rings is 1. The molecule has 0 spiro atoms. The average Bonchev–Trinajstić information content (AvgIpc) is 3.10. The Hall–Kier alpha value is -3.47. The van der Waals surface area contributed by atoms with Crippen molar-refractivity contribution < 1.29 is 4.74 Å². The zero-order valence-electron chi connectivity index (χ0n) is 14.6. The summed E-state index contributed by atoms with van der Waals surface area (Å²) in [4.78, 5) is 16.8. The Morgan fingerprint density at radius 2 is 1.77 bits per heavy atom. The number of hydrogen-bond acceptors (Lipinski definition) is 4. The van der Waals surface area contributed by atoms with Crippen molar-refractivity contribution in [2.75, 3.05) is 7.11 Å². The van der Waals surface area contributed by atoms with E-state index in [0.29, 0.717) is 0 Å². The van der Waals surface area contributed by atoms with E-state index in [1.54, 1.807) is 19.5 Å². The lowest BCUT2D eigenvalue weighted by atomic mass is 10.1. The van der Waals surface area contributed by atoms with E-state index in [9.17, 15) is 0 Å². The maximum atomic E-state index is 5.26. The van der Waals surface area contributed by atoms with Gasteiger partial charge in [-0.2, -0.15) is 0 Å². The van der Waals surface area contributed by atoms with Crippen LogP contribution in [0.4, 0.5) is 0 Å². The lowest BCUT2D eigenvalue weighted by molar-refractivity contribution is 0.413. The molecular weight excluding hydrogens is 324 g/mol. The summed E-state index contributed by atoms with van der Waals surface area (Å²) in [5.41, 5.74) is 5.83. The molecule has 0 saturated heterocycles. The van der Waals surface area contributed by atoms with Gasteiger partial charge in [0.2, 0.25) is 0 Å². The molecule has 1 aromatic carbocycles. The van der Waals surface area contributed by atoms with Crippen molar-refractivity contribution in [3.8, 4) is 39.7 Å². The van der Waals surface area contributed by atoms with Gasteiger partial charge in [-0.3, -0.25) is 9.97 Å². The van der Waals surface area contributed by atoms with Crippen molar-refractivity contribution in [3.63, 3.8) is 0 Å². The third-order valence-electron chi connectivity index (χ3n) is 4.23. The molecule has 0 aliphatic rings. The van der Waals surface area contributed by atoms with Gasteiger partial charge in [-0.25, -0.2) is 4.98 Å². The molecule has 0 unspecified atom stereocenters. The quantitative estimate of drug-likeness (QED) is 0.592. The second-order valence-electron chi connectivity index (χ2n) is 5.96. The van der Waals surface area contributed by atoms with E-state index in [0.717, 1.165) is 45.3 Å². The summed E-state index contributed by atoms with van der Waals surface area (Å²) < 4.78 is 5.26. The van der Waals surface area contributed by atoms with Crippen LogP contribution < -0.4 is 4.74 Å². The largest absolute Gasteiger partial charge is 0.495 e. The minimum absolute atomic E-state index is 0.723. The highest BCUT2D eigenvalue weighted by atomic mass is 16.5. The van der Waals surface area contributed by atoms with Crippen LogP contribution in [0.3, 0.4) is 0 Å². The van der Waals surface area contributed by atoms with Crippen LogP contribution in [0.25, 0.3) is 33.9 Å². The normalized spacial score (nSPS) is 10.7. The fraction of sp³-hybridized carbons (Fsp3) is 0.0952. The van der Waals surface area contributed by atoms with Gasteiger partial charge in [0.1, 0.15) is 11.4 Å². The lowest BCUT2D eigenvalue weighted by Gasteiger charge is -2.05. The Morgan fingerprint density at radius 1 is 0.923 bits per heavy atom. The highest BCUT2D eigenvalue weighted by molar-refractivity contribution is 5.70. The first-order valence-corrected chi connectivity index (χ1v) is 8.32. The Labute approximate surface area is 151 Å². The molecule has 0 saturated carbocycles. The minimum atomic E-state index is 0.723. The summed E-state index contributed by atoms with van der Waals surface area (Å²) in [7, 11) is 1.63. The fourth-order valence-electron chi connectivity index (χ4n) is 2.90. The third kappa shape index (κ3) is 3.07. The van der Waals surface area contributed by atoms with Crippen LogP contribution in [0.2, 0.25) is 0 Å². The number of aryl methyl sites for hydroxylation is 1. The van der Waals surface area contributed by atoms with Crippen molar-refractivity contribution in [1.29, 1.82) is 0 Å². The standard InChI is InChI=1S/C21H18N4O/c1-14-20(15-6-4-3-5-7-15)25-21(24-14)19-11-16(8-9-23-19)17-10-18(26-2)13-22-12-17/h3-13H,1-2H3,(H,24,25). The van der Waals surface area contributed by atoms with Crippen LogP contribution in [0.1, 0.15) is 5.69 Å². The van der Waals surface area contributed by atoms with Crippen LogP contribution >= 0.6 is 0 Å². The third-order valence-corrected chi connectivity index (χ3v) is 4.23. The van der Waals surface area contributed by atoms with Gasteiger partial charge in [0.15, 0.2) is 5.82 Å². The van der Waals surface area contributed by atoms with Crippen LogP contribution in [-0.4, -0.2) is 27.0 Å².